The number of fused-ring (bicyclic) bond motifs is 1. The first-order chi connectivity index (χ1) is 7.83. The monoisotopic (exact) mass is 217 g/mol. The van der Waals surface area contributed by atoms with E-state index >= 15 is 0 Å². The molecule has 5 nitrogen and oxygen atoms in total. The van der Waals surface area contributed by atoms with Gasteiger partial charge in [-0.3, -0.25) is 0 Å². The maximum Gasteiger partial charge on any atom is 0.245 e. The molecule has 0 amide bonds. The Morgan fingerprint density at radius 3 is 3.19 bits per heavy atom. The maximum atomic E-state index is 4.52. The van der Waals surface area contributed by atoms with Gasteiger partial charge in [-0.15, -0.1) is 5.10 Å². The zero-order valence-corrected chi connectivity index (χ0v) is 9.30. The third kappa shape index (κ3) is 1.63. The van der Waals surface area contributed by atoms with Crippen molar-refractivity contribution in [2.24, 2.45) is 0 Å². The Kier molecular flexibility index (Phi) is 2.25. The smallest absolute Gasteiger partial charge is 0.245 e. The van der Waals surface area contributed by atoms with Gasteiger partial charge < -0.3 is 10.2 Å². The summed E-state index contributed by atoms with van der Waals surface area (Å²) in [5.41, 5.74) is 0.906. The minimum absolute atomic E-state index is 0.500. The minimum Gasteiger partial charge on any atom is -0.337 e. The summed E-state index contributed by atoms with van der Waals surface area (Å²) in [5.74, 6) is 0.833. The highest BCUT2D eigenvalue weighted by molar-refractivity contribution is 5.44. The lowest BCUT2D eigenvalue weighted by Crippen LogP contribution is -2.49. The number of nitrogens with one attached hydrogen (secondary N) is 1. The normalized spacial score (nSPS) is 21.6. The van der Waals surface area contributed by atoms with Crippen LogP contribution in [0.15, 0.2) is 24.4 Å². The van der Waals surface area contributed by atoms with E-state index in [-0.39, 0.29) is 0 Å². The topological polar surface area (TPSA) is 45.5 Å². The first kappa shape index (κ1) is 9.59. The van der Waals surface area contributed by atoms with Crippen LogP contribution >= 0.6 is 0 Å². The summed E-state index contributed by atoms with van der Waals surface area (Å²) in [6, 6.07) is 6.42. The molecule has 0 radical (unpaired) electrons. The van der Waals surface area contributed by atoms with Gasteiger partial charge in [-0.25, -0.2) is 4.52 Å². The van der Waals surface area contributed by atoms with Gasteiger partial charge in [-0.05, 0) is 19.1 Å². The SMILES string of the molecule is C[C@H]1CN(c2nc3ccccn3n2)CCN1. The Morgan fingerprint density at radius 2 is 2.38 bits per heavy atom. The van der Waals surface area contributed by atoms with Crippen LogP contribution in [0.3, 0.4) is 0 Å². The van der Waals surface area contributed by atoms with Crippen molar-refractivity contribution in [1.82, 2.24) is 19.9 Å². The fourth-order valence-electron chi connectivity index (χ4n) is 2.07. The summed E-state index contributed by atoms with van der Waals surface area (Å²) < 4.78 is 1.82. The molecule has 1 saturated heterocycles. The van der Waals surface area contributed by atoms with Gasteiger partial charge in [-0.1, -0.05) is 6.07 Å². The van der Waals surface area contributed by atoms with E-state index in [0.29, 0.717) is 6.04 Å². The summed E-state index contributed by atoms with van der Waals surface area (Å²) in [4.78, 5) is 6.75. The molecule has 1 N–H and O–H groups in total. The molecule has 0 saturated carbocycles. The van der Waals surface area contributed by atoms with Crippen molar-refractivity contribution in [2.75, 3.05) is 24.5 Å². The zero-order chi connectivity index (χ0) is 11.0. The Balaban J connectivity index is 1.93. The number of hydrogen-bond donors (Lipinski definition) is 1. The van der Waals surface area contributed by atoms with E-state index in [1.165, 1.54) is 0 Å². The van der Waals surface area contributed by atoms with Gasteiger partial charge in [0, 0.05) is 31.9 Å². The van der Waals surface area contributed by atoms with Crippen molar-refractivity contribution in [3.05, 3.63) is 24.4 Å². The summed E-state index contributed by atoms with van der Waals surface area (Å²) in [5, 5.41) is 7.89. The Labute approximate surface area is 94.1 Å². The molecule has 3 heterocycles. The Morgan fingerprint density at radius 1 is 1.44 bits per heavy atom. The Bertz CT molecular complexity index is 459. The van der Waals surface area contributed by atoms with Crippen molar-refractivity contribution in [1.29, 1.82) is 0 Å². The lowest BCUT2D eigenvalue weighted by atomic mass is 10.2. The van der Waals surface area contributed by atoms with E-state index in [9.17, 15) is 0 Å². The summed E-state index contributed by atoms with van der Waals surface area (Å²) >= 11 is 0. The minimum atomic E-state index is 0.500. The van der Waals surface area contributed by atoms with E-state index in [0.717, 1.165) is 31.2 Å². The lowest BCUT2D eigenvalue weighted by molar-refractivity contribution is 0.479. The van der Waals surface area contributed by atoms with E-state index < -0.39 is 0 Å². The molecule has 84 valence electrons. The summed E-state index contributed by atoms with van der Waals surface area (Å²) in [7, 11) is 0. The number of hydrogen-bond acceptors (Lipinski definition) is 4. The van der Waals surface area contributed by atoms with Gasteiger partial charge in [0.15, 0.2) is 5.65 Å². The standard InChI is InChI=1S/C11H15N5/c1-9-8-15(7-5-12-9)11-13-10-4-2-3-6-16(10)14-11/h2-4,6,9,12H,5,7-8H2,1H3/t9-/m0/s1. The second-order valence-electron chi connectivity index (χ2n) is 4.22. The number of rotatable bonds is 1. The summed E-state index contributed by atoms with van der Waals surface area (Å²) in [6.07, 6.45) is 1.93. The van der Waals surface area contributed by atoms with Crippen molar-refractivity contribution < 1.29 is 0 Å². The molecule has 2 aromatic heterocycles. The van der Waals surface area contributed by atoms with Crippen LogP contribution in [0.5, 0.6) is 0 Å². The third-order valence-electron chi connectivity index (χ3n) is 2.88. The molecular weight excluding hydrogens is 202 g/mol. The highest BCUT2D eigenvalue weighted by Gasteiger charge is 2.19. The van der Waals surface area contributed by atoms with Crippen LogP contribution in [0, 0.1) is 0 Å². The molecule has 0 spiro atoms. The molecule has 1 aliphatic heterocycles. The summed E-state index contributed by atoms with van der Waals surface area (Å²) in [6.45, 7) is 5.12. The first-order valence-corrected chi connectivity index (χ1v) is 5.63. The predicted molar refractivity (Wildman–Crippen MR) is 62.7 cm³/mol. The molecule has 1 atom stereocenters. The Hall–Kier alpha value is -1.62. The van der Waals surface area contributed by atoms with E-state index in [4.69, 9.17) is 0 Å². The van der Waals surface area contributed by atoms with Crippen molar-refractivity contribution in [3.8, 4) is 0 Å². The number of anilines is 1. The largest absolute Gasteiger partial charge is 0.337 e. The second kappa shape index (κ2) is 3.75. The molecule has 0 aromatic carbocycles. The van der Waals surface area contributed by atoms with Crippen LogP contribution in [-0.4, -0.2) is 40.3 Å². The van der Waals surface area contributed by atoms with Crippen LogP contribution in [0.4, 0.5) is 5.95 Å². The molecule has 0 bridgehead atoms. The van der Waals surface area contributed by atoms with Gasteiger partial charge in [0.05, 0.1) is 0 Å². The van der Waals surface area contributed by atoms with E-state index in [1.807, 2.05) is 28.9 Å². The third-order valence-corrected chi connectivity index (χ3v) is 2.88. The molecule has 0 aliphatic carbocycles. The molecule has 1 fully saturated rings. The van der Waals surface area contributed by atoms with E-state index in [1.54, 1.807) is 0 Å². The fourth-order valence-corrected chi connectivity index (χ4v) is 2.07. The van der Waals surface area contributed by atoms with Gasteiger partial charge in [0.25, 0.3) is 0 Å². The van der Waals surface area contributed by atoms with E-state index in [2.05, 4.69) is 27.2 Å². The van der Waals surface area contributed by atoms with Crippen molar-refractivity contribution >= 4 is 11.6 Å². The van der Waals surface area contributed by atoms with Crippen molar-refractivity contribution in [3.63, 3.8) is 0 Å². The van der Waals surface area contributed by atoms with Crippen LogP contribution in [-0.2, 0) is 0 Å². The second-order valence-corrected chi connectivity index (χ2v) is 4.22. The van der Waals surface area contributed by atoms with Gasteiger partial charge in [0.2, 0.25) is 5.95 Å². The average Bonchev–Trinajstić information content (AvgIpc) is 2.72. The van der Waals surface area contributed by atoms with Crippen molar-refractivity contribution in [2.45, 2.75) is 13.0 Å². The number of nitrogens with zero attached hydrogens (tertiary/aromatic N) is 4. The molecular formula is C11H15N5. The fraction of sp³-hybridized carbons (Fsp3) is 0.455. The predicted octanol–water partition coefficient (Wildman–Crippen LogP) is 0.527. The van der Waals surface area contributed by atoms with Crippen LogP contribution < -0.4 is 10.2 Å². The molecule has 1 aliphatic rings. The quantitative estimate of drug-likeness (QED) is 0.756. The number of aromatic nitrogens is 3. The zero-order valence-electron chi connectivity index (χ0n) is 9.30. The molecule has 3 rings (SSSR count). The maximum absolute atomic E-state index is 4.52. The van der Waals surface area contributed by atoms with Crippen LogP contribution in [0.25, 0.3) is 5.65 Å². The molecule has 0 unspecified atom stereocenters. The van der Waals surface area contributed by atoms with Gasteiger partial charge in [0.1, 0.15) is 0 Å². The lowest BCUT2D eigenvalue weighted by Gasteiger charge is -2.30. The van der Waals surface area contributed by atoms with Gasteiger partial charge >= 0.3 is 0 Å². The highest BCUT2D eigenvalue weighted by atomic mass is 15.4. The first-order valence-electron chi connectivity index (χ1n) is 5.63. The number of piperazine rings is 1. The average molecular weight is 217 g/mol. The number of pyridine rings is 1. The molecule has 2 aromatic rings. The van der Waals surface area contributed by atoms with Crippen LogP contribution in [0.2, 0.25) is 0 Å². The molecule has 16 heavy (non-hydrogen) atoms. The van der Waals surface area contributed by atoms with Gasteiger partial charge in [-0.2, -0.15) is 4.98 Å². The highest BCUT2D eigenvalue weighted by Crippen LogP contribution is 2.12. The molecule has 5 heteroatoms. The van der Waals surface area contributed by atoms with Crippen LogP contribution in [0.1, 0.15) is 6.92 Å².